The number of nitrogens with one attached hydrogen (secondary N) is 1. The van der Waals surface area contributed by atoms with Crippen molar-refractivity contribution in [1.29, 1.82) is 0 Å². The summed E-state index contributed by atoms with van der Waals surface area (Å²) in [6.07, 6.45) is -3.34. The fraction of sp³-hybridized carbons (Fsp3) is 0.545. The van der Waals surface area contributed by atoms with E-state index in [4.69, 9.17) is 0 Å². The Bertz CT molecular complexity index is 754. The molecule has 0 saturated carbocycles. The van der Waals surface area contributed by atoms with Gasteiger partial charge in [-0.3, -0.25) is 13.9 Å². The van der Waals surface area contributed by atoms with E-state index >= 15 is 0 Å². The number of alkyl halides is 3. The molecule has 0 bridgehead atoms. The first kappa shape index (κ1) is 14.4. The molecule has 0 saturated heterocycles. The molecule has 0 radical (unpaired) electrons. The minimum atomic E-state index is -4.70. The third-order valence-electron chi connectivity index (χ3n) is 2.98. The number of halogens is 3. The number of hydrogen-bond acceptors (Lipinski definition) is 3. The van der Waals surface area contributed by atoms with Gasteiger partial charge in [0.15, 0.2) is 5.65 Å². The van der Waals surface area contributed by atoms with E-state index in [0.29, 0.717) is 6.42 Å². The van der Waals surface area contributed by atoms with Crippen molar-refractivity contribution < 1.29 is 13.2 Å². The number of rotatable bonds is 3. The second kappa shape index (κ2) is 4.80. The Labute approximate surface area is 110 Å². The van der Waals surface area contributed by atoms with Crippen molar-refractivity contribution in [2.24, 2.45) is 7.05 Å². The SMILES string of the molecule is CCCCn1c(=O)n(C)c(=O)c2[nH]c(C(F)(F)F)nc21. The summed E-state index contributed by atoms with van der Waals surface area (Å²) in [5.41, 5.74) is -2.05. The highest BCUT2D eigenvalue weighted by molar-refractivity contribution is 5.69. The van der Waals surface area contributed by atoms with E-state index in [0.717, 1.165) is 15.6 Å². The average molecular weight is 290 g/mol. The van der Waals surface area contributed by atoms with Crippen LogP contribution in [0.25, 0.3) is 11.2 Å². The number of H-pyrrole nitrogens is 1. The van der Waals surface area contributed by atoms with Gasteiger partial charge in [-0.25, -0.2) is 9.78 Å². The summed E-state index contributed by atoms with van der Waals surface area (Å²) in [5, 5.41) is 0. The summed E-state index contributed by atoms with van der Waals surface area (Å²) < 4.78 is 39.8. The normalized spacial score (nSPS) is 12.2. The molecule has 0 aliphatic rings. The Morgan fingerprint density at radius 2 is 1.95 bits per heavy atom. The molecule has 0 amide bonds. The van der Waals surface area contributed by atoms with E-state index < -0.39 is 23.2 Å². The molecule has 0 aliphatic carbocycles. The standard InChI is InChI=1S/C11H13F3N4O2/c1-3-4-5-18-7-6(8(19)17(2)10(18)20)15-9(16-7)11(12,13)14/h3-5H2,1-2H3,(H,15,16). The van der Waals surface area contributed by atoms with Gasteiger partial charge in [0.2, 0.25) is 5.82 Å². The van der Waals surface area contributed by atoms with Gasteiger partial charge in [0.1, 0.15) is 5.52 Å². The Kier molecular flexibility index (Phi) is 3.45. The Balaban J connectivity index is 2.80. The number of fused-ring (bicyclic) bond motifs is 1. The first-order valence-electron chi connectivity index (χ1n) is 6.04. The van der Waals surface area contributed by atoms with Crippen LogP contribution in [0.4, 0.5) is 13.2 Å². The second-order valence-corrected chi connectivity index (χ2v) is 4.43. The number of aryl methyl sites for hydroxylation is 1. The number of aromatic nitrogens is 4. The van der Waals surface area contributed by atoms with Gasteiger partial charge in [0, 0.05) is 13.6 Å². The van der Waals surface area contributed by atoms with E-state index in [9.17, 15) is 22.8 Å². The van der Waals surface area contributed by atoms with Gasteiger partial charge in [-0.1, -0.05) is 13.3 Å². The summed E-state index contributed by atoms with van der Waals surface area (Å²) in [5.74, 6) is -1.28. The molecule has 1 N–H and O–H groups in total. The summed E-state index contributed by atoms with van der Waals surface area (Å²) in [6.45, 7) is 2.10. The summed E-state index contributed by atoms with van der Waals surface area (Å²) in [6, 6.07) is 0. The maximum Gasteiger partial charge on any atom is 0.449 e. The third kappa shape index (κ3) is 2.23. The van der Waals surface area contributed by atoms with Crippen molar-refractivity contribution >= 4 is 11.2 Å². The van der Waals surface area contributed by atoms with Crippen molar-refractivity contribution in [2.45, 2.75) is 32.5 Å². The van der Waals surface area contributed by atoms with Crippen molar-refractivity contribution in [1.82, 2.24) is 19.1 Å². The lowest BCUT2D eigenvalue weighted by molar-refractivity contribution is -0.144. The monoisotopic (exact) mass is 290 g/mol. The summed E-state index contributed by atoms with van der Waals surface area (Å²) in [4.78, 5) is 29.1. The molecule has 6 nitrogen and oxygen atoms in total. The van der Waals surface area contributed by atoms with E-state index in [1.807, 2.05) is 11.9 Å². The molecular weight excluding hydrogens is 277 g/mol. The van der Waals surface area contributed by atoms with Crippen LogP contribution in [0.1, 0.15) is 25.6 Å². The Morgan fingerprint density at radius 3 is 2.50 bits per heavy atom. The highest BCUT2D eigenvalue weighted by atomic mass is 19.4. The predicted octanol–water partition coefficient (Wildman–Crippen LogP) is 1.24. The van der Waals surface area contributed by atoms with E-state index in [2.05, 4.69) is 4.98 Å². The number of hydrogen-bond donors (Lipinski definition) is 1. The van der Waals surface area contributed by atoms with Crippen LogP contribution in [0.15, 0.2) is 9.59 Å². The molecular formula is C11H13F3N4O2. The maximum absolute atomic E-state index is 12.7. The lowest BCUT2D eigenvalue weighted by atomic mass is 10.3. The lowest BCUT2D eigenvalue weighted by Crippen LogP contribution is -2.38. The fourth-order valence-electron chi connectivity index (χ4n) is 1.89. The molecule has 0 aromatic carbocycles. The molecule has 0 spiro atoms. The van der Waals surface area contributed by atoms with Gasteiger partial charge < -0.3 is 4.98 Å². The first-order valence-corrected chi connectivity index (χ1v) is 6.04. The van der Waals surface area contributed by atoms with Crippen LogP contribution in [0.3, 0.4) is 0 Å². The number of unbranched alkanes of at least 4 members (excludes halogenated alkanes) is 1. The van der Waals surface area contributed by atoms with Crippen LogP contribution in [0.2, 0.25) is 0 Å². The molecule has 2 aromatic heterocycles. The van der Waals surface area contributed by atoms with Gasteiger partial charge in [0.05, 0.1) is 0 Å². The maximum atomic E-state index is 12.7. The van der Waals surface area contributed by atoms with Crippen LogP contribution in [-0.2, 0) is 19.8 Å². The second-order valence-electron chi connectivity index (χ2n) is 4.43. The largest absolute Gasteiger partial charge is 0.449 e. The average Bonchev–Trinajstić information content (AvgIpc) is 2.81. The Hall–Kier alpha value is -2.06. The number of aromatic amines is 1. The highest BCUT2D eigenvalue weighted by Crippen LogP contribution is 2.27. The van der Waals surface area contributed by atoms with Crippen molar-refractivity contribution in [3.63, 3.8) is 0 Å². The van der Waals surface area contributed by atoms with Crippen LogP contribution < -0.4 is 11.2 Å². The van der Waals surface area contributed by atoms with E-state index in [1.165, 1.54) is 7.05 Å². The zero-order chi connectivity index (χ0) is 15.1. The number of nitrogens with zero attached hydrogens (tertiary/aromatic N) is 3. The molecule has 0 unspecified atom stereocenters. The molecule has 9 heteroatoms. The Morgan fingerprint density at radius 1 is 1.30 bits per heavy atom. The number of imidazole rings is 1. The fourth-order valence-corrected chi connectivity index (χ4v) is 1.89. The zero-order valence-corrected chi connectivity index (χ0v) is 10.9. The van der Waals surface area contributed by atoms with Crippen molar-refractivity contribution in [3.8, 4) is 0 Å². The molecule has 20 heavy (non-hydrogen) atoms. The van der Waals surface area contributed by atoms with Gasteiger partial charge >= 0.3 is 11.9 Å². The molecule has 2 aromatic rings. The predicted molar refractivity (Wildman–Crippen MR) is 65.5 cm³/mol. The van der Waals surface area contributed by atoms with Crippen molar-refractivity contribution in [2.75, 3.05) is 0 Å². The van der Waals surface area contributed by atoms with Gasteiger partial charge in [-0.05, 0) is 6.42 Å². The molecule has 0 aliphatic heterocycles. The molecule has 0 atom stereocenters. The smallest absolute Gasteiger partial charge is 0.328 e. The van der Waals surface area contributed by atoms with E-state index in [-0.39, 0.29) is 17.7 Å². The van der Waals surface area contributed by atoms with Crippen LogP contribution >= 0.6 is 0 Å². The molecule has 2 rings (SSSR count). The minimum absolute atomic E-state index is 0.210. The quantitative estimate of drug-likeness (QED) is 0.924. The lowest BCUT2D eigenvalue weighted by Gasteiger charge is -2.07. The highest BCUT2D eigenvalue weighted by Gasteiger charge is 2.35. The van der Waals surface area contributed by atoms with Gasteiger partial charge in [-0.2, -0.15) is 13.2 Å². The first-order chi connectivity index (χ1) is 9.27. The summed E-state index contributed by atoms with van der Waals surface area (Å²) in [7, 11) is 1.22. The topological polar surface area (TPSA) is 72.7 Å². The van der Waals surface area contributed by atoms with E-state index in [1.54, 1.807) is 0 Å². The molecule has 2 heterocycles. The van der Waals surface area contributed by atoms with Crippen LogP contribution in [-0.4, -0.2) is 19.1 Å². The minimum Gasteiger partial charge on any atom is -0.328 e. The van der Waals surface area contributed by atoms with Crippen LogP contribution in [0, 0.1) is 0 Å². The van der Waals surface area contributed by atoms with Gasteiger partial charge in [0.25, 0.3) is 5.56 Å². The van der Waals surface area contributed by atoms with Crippen molar-refractivity contribution in [3.05, 3.63) is 26.7 Å². The van der Waals surface area contributed by atoms with Gasteiger partial charge in [-0.15, -0.1) is 0 Å². The molecule has 0 fully saturated rings. The zero-order valence-electron chi connectivity index (χ0n) is 10.9. The van der Waals surface area contributed by atoms with Crippen LogP contribution in [0.5, 0.6) is 0 Å². The molecule has 110 valence electrons. The third-order valence-corrected chi connectivity index (χ3v) is 2.98. The summed E-state index contributed by atoms with van der Waals surface area (Å²) >= 11 is 0.